The molecule has 8 aromatic rings. The fourth-order valence-corrected chi connectivity index (χ4v) is 10.7. The molecule has 9 rings (SSSR count). The number of imidazole rings is 1. The van der Waals surface area contributed by atoms with Crippen molar-refractivity contribution in [2.75, 3.05) is 40.8 Å². The number of benzene rings is 6. The minimum Gasteiger partial charge on any atom is -0.497 e. The summed E-state index contributed by atoms with van der Waals surface area (Å²) in [6.45, 7) is 2.82. The minimum absolute atomic E-state index is 0.100. The number of rotatable bonds is 24. The fraction of sp³-hybridized carbons (Fsp3) is 0.317. The first kappa shape index (κ1) is 51.2. The molecule has 2 aromatic heterocycles. The molecular weight excluding hydrogens is 937 g/mol. The van der Waals surface area contributed by atoms with Gasteiger partial charge in [-0.05, 0) is 118 Å². The predicted molar refractivity (Wildman–Crippen MR) is 287 cm³/mol. The number of nitrogens with zero attached hydrogens (tertiary/aromatic N) is 4. The summed E-state index contributed by atoms with van der Waals surface area (Å²) in [6, 6.07) is 48.8. The van der Waals surface area contributed by atoms with Gasteiger partial charge in [0, 0.05) is 6.42 Å². The lowest BCUT2D eigenvalue weighted by Crippen LogP contribution is -2.38. The normalized spacial score (nSPS) is 16.1. The topological polar surface area (TPSA) is 128 Å². The van der Waals surface area contributed by atoms with Crippen LogP contribution in [0, 0.1) is 0 Å². The molecule has 4 atom stereocenters. The van der Waals surface area contributed by atoms with Crippen molar-refractivity contribution in [1.29, 1.82) is 0 Å². The maximum Gasteiger partial charge on any atom is 0.166 e. The summed E-state index contributed by atoms with van der Waals surface area (Å²) in [5.74, 6) is 4.01. The van der Waals surface area contributed by atoms with E-state index >= 15 is 0 Å². The minimum atomic E-state index is -1.05. The largest absolute Gasteiger partial charge is 0.497 e. The highest BCUT2D eigenvalue weighted by Gasteiger charge is 2.42. The van der Waals surface area contributed by atoms with Crippen LogP contribution in [-0.2, 0) is 26.4 Å². The number of aromatic nitrogens is 4. The SMILES string of the molecule is CCC(CCCCCSc1ncnc2c1ncn2[C@H]1C[C@H](O)[C@@H](COC(c2ccccc2)(c2ccc(OC)cc2)c2ccc(OC)cc2)O1)OCc1cccc(-c2ccc(OC)cc2)c1-c1ccc(OC)cc1. The van der Waals surface area contributed by atoms with Crippen LogP contribution in [0.15, 0.2) is 163 Å². The molecule has 0 spiro atoms. The summed E-state index contributed by atoms with van der Waals surface area (Å²) >= 11 is 1.69. The molecule has 13 heteroatoms. The summed E-state index contributed by atoms with van der Waals surface area (Å²) in [4.78, 5) is 14.1. The first-order valence-corrected chi connectivity index (χ1v) is 26.0. The zero-order valence-corrected chi connectivity index (χ0v) is 43.0. The highest BCUT2D eigenvalue weighted by molar-refractivity contribution is 7.99. The summed E-state index contributed by atoms with van der Waals surface area (Å²) in [7, 11) is 6.68. The van der Waals surface area contributed by atoms with Gasteiger partial charge in [0.2, 0.25) is 0 Å². The van der Waals surface area contributed by atoms with Crippen LogP contribution in [-0.4, -0.2) is 83.7 Å². The molecule has 0 aliphatic carbocycles. The molecular formula is C60H64N4O8S. The van der Waals surface area contributed by atoms with Crippen LogP contribution in [0.1, 0.15) is 73.9 Å². The quantitative estimate of drug-likeness (QED) is 0.0268. The van der Waals surface area contributed by atoms with Gasteiger partial charge >= 0.3 is 0 Å². The number of ether oxygens (including phenoxy) is 7. The van der Waals surface area contributed by atoms with E-state index in [4.69, 9.17) is 38.1 Å². The Morgan fingerprint density at radius 3 is 1.89 bits per heavy atom. The number of methoxy groups -OCH3 is 4. The van der Waals surface area contributed by atoms with E-state index in [1.54, 1.807) is 52.9 Å². The maximum atomic E-state index is 11.6. The Balaban J connectivity index is 0.811. The molecule has 0 amide bonds. The molecule has 6 aromatic carbocycles. The lowest BCUT2D eigenvalue weighted by Gasteiger charge is -2.37. The van der Waals surface area contributed by atoms with E-state index in [1.165, 1.54) is 0 Å². The number of hydrogen-bond acceptors (Lipinski definition) is 12. The Kier molecular flexibility index (Phi) is 17.0. The average molecular weight is 1000 g/mol. The standard InChI is InChI=1S/C60H64N4O8S/c1-6-47(70-37-43-14-13-18-52(41-19-27-48(66-2)28-20-41)56(43)42-21-29-49(67-3)30-22-42)17-11-8-12-35-73-59-57-58(61-39-62-59)64(40-63-57)55-36-53(65)54(72-55)38-71-60(44-15-9-7-10-16-44,45-23-31-50(68-4)32-24-45)46-25-33-51(69-5)34-26-46/h7,9-10,13-16,18-34,39-40,47,53-55,65H,6,8,11-12,17,35-38H2,1-5H3/t47?,53-,54+,55+/m0/s1. The van der Waals surface area contributed by atoms with E-state index in [2.05, 4.69) is 71.5 Å². The predicted octanol–water partition coefficient (Wildman–Crippen LogP) is 12.5. The van der Waals surface area contributed by atoms with E-state index in [0.29, 0.717) is 18.7 Å². The average Bonchev–Trinajstić information content (AvgIpc) is 4.06. The summed E-state index contributed by atoms with van der Waals surface area (Å²) in [5, 5.41) is 12.4. The lowest BCUT2D eigenvalue weighted by molar-refractivity contribution is -0.0931. The van der Waals surface area contributed by atoms with Crippen LogP contribution >= 0.6 is 11.8 Å². The smallest absolute Gasteiger partial charge is 0.166 e. The van der Waals surface area contributed by atoms with Crippen molar-refractivity contribution in [2.24, 2.45) is 0 Å². The first-order chi connectivity index (χ1) is 35.8. The van der Waals surface area contributed by atoms with Crippen LogP contribution in [0.4, 0.5) is 0 Å². The first-order valence-electron chi connectivity index (χ1n) is 25.0. The van der Waals surface area contributed by atoms with Gasteiger partial charge < -0.3 is 38.3 Å². The molecule has 0 saturated carbocycles. The molecule has 0 radical (unpaired) electrons. The zero-order chi connectivity index (χ0) is 50.6. The highest BCUT2D eigenvalue weighted by Crippen LogP contribution is 2.44. The molecule has 1 saturated heterocycles. The van der Waals surface area contributed by atoms with Gasteiger partial charge in [-0.1, -0.05) is 117 Å². The van der Waals surface area contributed by atoms with E-state index in [9.17, 15) is 5.11 Å². The Bertz CT molecular complexity index is 2940. The molecule has 1 unspecified atom stereocenters. The van der Waals surface area contributed by atoms with Crippen molar-refractivity contribution in [3.63, 3.8) is 0 Å². The van der Waals surface area contributed by atoms with Gasteiger partial charge in [-0.2, -0.15) is 0 Å². The Morgan fingerprint density at radius 1 is 0.671 bits per heavy atom. The molecule has 3 heterocycles. The van der Waals surface area contributed by atoms with Gasteiger partial charge in [-0.15, -0.1) is 11.8 Å². The van der Waals surface area contributed by atoms with Crippen molar-refractivity contribution in [3.8, 4) is 45.3 Å². The van der Waals surface area contributed by atoms with E-state index in [0.717, 1.165) is 116 Å². The monoisotopic (exact) mass is 1000 g/mol. The highest BCUT2D eigenvalue weighted by atomic mass is 32.2. The van der Waals surface area contributed by atoms with Crippen molar-refractivity contribution in [1.82, 2.24) is 19.5 Å². The Hall–Kier alpha value is -6.74. The van der Waals surface area contributed by atoms with Gasteiger partial charge in [-0.3, -0.25) is 4.57 Å². The second kappa shape index (κ2) is 24.3. The summed E-state index contributed by atoms with van der Waals surface area (Å²) in [5.41, 5.74) is 8.74. The maximum absolute atomic E-state index is 11.6. The third-order valence-electron chi connectivity index (χ3n) is 13.7. The number of aliphatic hydroxyl groups excluding tert-OH is 1. The van der Waals surface area contributed by atoms with Crippen LogP contribution in [0.25, 0.3) is 33.4 Å². The molecule has 12 nitrogen and oxygen atoms in total. The van der Waals surface area contributed by atoms with Crippen LogP contribution in [0.3, 0.4) is 0 Å². The molecule has 1 fully saturated rings. The summed E-state index contributed by atoms with van der Waals surface area (Å²) in [6.07, 6.45) is 6.94. The number of fused-ring (bicyclic) bond motifs is 1. The van der Waals surface area contributed by atoms with Crippen molar-refractivity contribution < 1.29 is 38.3 Å². The molecule has 378 valence electrons. The van der Waals surface area contributed by atoms with Gasteiger partial charge in [0.25, 0.3) is 0 Å². The Morgan fingerprint density at radius 2 is 1.27 bits per heavy atom. The van der Waals surface area contributed by atoms with Gasteiger partial charge in [0.15, 0.2) is 5.65 Å². The third-order valence-corrected chi connectivity index (χ3v) is 14.8. The van der Waals surface area contributed by atoms with E-state index < -0.39 is 24.0 Å². The number of hydrogen-bond donors (Lipinski definition) is 1. The van der Waals surface area contributed by atoms with Crippen molar-refractivity contribution in [2.45, 2.75) is 87.2 Å². The third kappa shape index (κ3) is 11.6. The zero-order valence-electron chi connectivity index (χ0n) is 42.2. The van der Waals surface area contributed by atoms with Crippen LogP contribution < -0.4 is 18.9 Å². The van der Waals surface area contributed by atoms with E-state index in [1.807, 2.05) is 95.6 Å². The molecule has 1 N–H and O–H groups in total. The molecule has 1 aliphatic rings. The molecule has 1 aliphatic heterocycles. The second-order valence-corrected chi connectivity index (χ2v) is 19.2. The molecule has 0 bridgehead atoms. The van der Waals surface area contributed by atoms with Crippen molar-refractivity contribution in [3.05, 3.63) is 181 Å². The Labute approximate surface area is 432 Å². The molecule has 73 heavy (non-hydrogen) atoms. The van der Waals surface area contributed by atoms with Crippen LogP contribution in [0.2, 0.25) is 0 Å². The number of aliphatic hydroxyl groups is 1. The second-order valence-electron chi connectivity index (χ2n) is 18.1. The fourth-order valence-electron chi connectivity index (χ4n) is 9.73. The van der Waals surface area contributed by atoms with Gasteiger partial charge in [-0.25, -0.2) is 15.0 Å². The van der Waals surface area contributed by atoms with Gasteiger partial charge in [0.05, 0.1) is 60.2 Å². The van der Waals surface area contributed by atoms with Crippen molar-refractivity contribution >= 4 is 22.9 Å². The van der Waals surface area contributed by atoms with Crippen LogP contribution in [0.5, 0.6) is 23.0 Å². The lowest BCUT2D eigenvalue weighted by atomic mass is 9.80. The number of unbranched alkanes of at least 4 members (excludes halogenated alkanes) is 2. The van der Waals surface area contributed by atoms with Gasteiger partial charge in [0.1, 0.15) is 57.8 Å². The summed E-state index contributed by atoms with van der Waals surface area (Å²) < 4.78 is 44.3. The van der Waals surface area contributed by atoms with E-state index in [-0.39, 0.29) is 12.7 Å². The number of thioether (sulfide) groups is 1.